The Balaban J connectivity index is 1.99. The van der Waals surface area contributed by atoms with Crippen LogP contribution in [0.15, 0.2) is 21.2 Å². The minimum absolute atomic E-state index is 0.580. The number of hydrogen-bond donors (Lipinski definition) is 1. The van der Waals surface area contributed by atoms with Crippen LogP contribution >= 0.6 is 15.9 Å². The summed E-state index contributed by atoms with van der Waals surface area (Å²) in [4.78, 5) is 0. The zero-order valence-corrected chi connectivity index (χ0v) is 12.1. The molecule has 1 saturated carbocycles. The van der Waals surface area contributed by atoms with Gasteiger partial charge in [0.15, 0.2) is 0 Å². The van der Waals surface area contributed by atoms with Crippen molar-refractivity contribution in [3.8, 4) is 0 Å². The van der Waals surface area contributed by atoms with Gasteiger partial charge in [-0.25, -0.2) is 0 Å². The first-order chi connectivity index (χ1) is 8.31. The van der Waals surface area contributed by atoms with Crippen molar-refractivity contribution in [3.05, 3.63) is 22.6 Å². The fourth-order valence-corrected chi connectivity index (χ4v) is 3.25. The average Bonchev–Trinajstić information content (AvgIpc) is 2.63. The summed E-state index contributed by atoms with van der Waals surface area (Å²) in [7, 11) is 0. The van der Waals surface area contributed by atoms with Crippen LogP contribution in [0.5, 0.6) is 0 Å². The lowest BCUT2D eigenvalue weighted by Crippen LogP contribution is -2.30. The Morgan fingerprint density at radius 1 is 1.41 bits per heavy atom. The summed E-state index contributed by atoms with van der Waals surface area (Å²) in [5, 5.41) is 3.67. The van der Waals surface area contributed by atoms with Crippen LogP contribution in [0.2, 0.25) is 0 Å². The molecule has 2 nitrogen and oxygen atoms in total. The Labute approximate surface area is 112 Å². The van der Waals surface area contributed by atoms with Crippen LogP contribution in [0.4, 0.5) is 0 Å². The van der Waals surface area contributed by atoms with E-state index in [1.165, 1.54) is 38.5 Å². The molecule has 3 heteroatoms. The number of halogens is 1. The van der Waals surface area contributed by atoms with E-state index < -0.39 is 0 Å². The van der Waals surface area contributed by atoms with E-state index in [-0.39, 0.29) is 0 Å². The third-order valence-corrected chi connectivity index (χ3v) is 4.28. The van der Waals surface area contributed by atoms with Gasteiger partial charge in [-0.05, 0) is 54.2 Å². The number of rotatable bonds is 4. The minimum Gasteiger partial charge on any atom is -0.468 e. The summed E-state index contributed by atoms with van der Waals surface area (Å²) in [5.74, 6) is 1.73. The molecular weight excluding hydrogens is 278 g/mol. The summed E-state index contributed by atoms with van der Waals surface area (Å²) in [5.41, 5.74) is 0. The molecule has 1 aliphatic rings. The van der Waals surface area contributed by atoms with E-state index in [4.69, 9.17) is 4.42 Å². The predicted molar refractivity (Wildman–Crippen MR) is 74.3 cm³/mol. The lowest BCUT2D eigenvalue weighted by atomic mass is 9.95. The zero-order valence-electron chi connectivity index (χ0n) is 10.5. The Morgan fingerprint density at radius 2 is 2.24 bits per heavy atom. The Hall–Kier alpha value is -0.280. The second-order valence-corrected chi connectivity index (χ2v) is 5.86. The van der Waals surface area contributed by atoms with Gasteiger partial charge in [-0.2, -0.15) is 0 Å². The molecule has 96 valence electrons. The van der Waals surface area contributed by atoms with Crippen LogP contribution < -0.4 is 5.32 Å². The Morgan fingerprint density at radius 3 is 2.94 bits per heavy atom. The molecule has 0 amide bonds. The maximum Gasteiger partial charge on any atom is 0.121 e. The first-order valence-electron chi connectivity index (χ1n) is 6.77. The van der Waals surface area contributed by atoms with E-state index in [1.54, 1.807) is 6.26 Å². The molecule has 1 N–H and O–H groups in total. The van der Waals surface area contributed by atoms with Crippen LogP contribution in [0.25, 0.3) is 0 Å². The number of nitrogens with one attached hydrogen (secondary N) is 1. The highest BCUT2D eigenvalue weighted by Gasteiger charge is 2.24. The molecule has 1 aromatic heterocycles. The van der Waals surface area contributed by atoms with Crippen molar-refractivity contribution in [3.63, 3.8) is 0 Å². The van der Waals surface area contributed by atoms with Crippen molar-refractivity contribution < 1.29 is 4.42 Å². The molecular formula is C14H22BrNO. The number of furan rings is 1. The van der Waals surface area contributed by atoms with Gasteiger partial charge in [0.2, 0.25) is 0 Å². The normalized spacial score (nSPS) is 25.8. The fourth-order valence-electron chi connectivity index (χ4n) is 2.73. The highest BCUT2D eigenvalue weighted by Crippen LogP contribution is 2.36. The molecule has 1 aliphatic carbocycles. The topological polar surface area (TPSA) is 25.2 Å². The second kappa shape index (κ2) is 6.60. The highest BCUT2D eigenvalue weighted by atomic mass is 79.9. The molecule has 17 heavy (non-hydrogen) atoms. The fraction of sp³-hybridized carbons (Fsp3) is 0.714. The van der Waals surface area contributed by atoms with E-state index >= 15 is 0 Å². The molecule has 2 unspecified atom stereocenters. The highest BCUT2D eigenvalue weighted by molar-refractivity contribution is 9.10. The lowest BCUT2D eigenvalue weighted by molar-refractivity contribution is 0.391. The molecule has 1 fully saturated rings. The average molecular weight is 300 g/mol. The molecule has 0 aromatic carbocycles. The van der Waals surface area contributed by atoms with Crippen molar-refractivity contribution >= 4 is 15.9 Å². The van der Waals surface area contributed by atoms with E-state index in [1.807, 2.05) is 6.07 Å². The SMILES string of the molecule is CCCNC1CCCCC(c2occc2Br)C1. The van der Waals surface area contributed by atoms with E-state index in [0.29, 0.717) is 12.0 Å². The van der Waals surface area contributed by atoms with Gasteiger partial charge in [0.05, 0.1) is 10.7 Å². The Kier molecular flexibility index (Phi) is 5.11. The maximum atomic E-state index is 5.64. The second-order valence-electron chi connectivity index (χ2n) is 5.00. The van der Waals surface area contributed by atoms with Gasteiger partial charge in [-0.3, -0.25) is 0 Å². The molecule has 2 rings (SSSR count). The van der Waals surface area contributed by atoms with Crippen molar-refractivity contribution in [2.24, 2.45) is 0 Å². The van der Waals surface area contributed by atoms with Gasteiger partial charge in [0.25, 0.3) is 0 Å². The molecule has 0 aliphatic heterocycles. The molecule has 1 aromatic rings. The Bertz CT molecular complexity index is 337. The van der Waals surface area contributed by atoms with Crippen LogP contribution in [0.1, 0.15) is 57.1 Å². The van der Waals surface area contributed by atoms with Crippen LogP contribution in [-0.4, -0.2) is 12.6 Å². The van der Waals surface area contributed by atoms with Crippen molar-refractivity contribution in [2.45, 2.75) is 57.4 Å². The number of hydrogen-bond acceptors (Lipinski definition) is 2. The van der Waals surface area contributed by atoms with Crippen LogP contribution in [0.3, 0.4) is 0 Å². The third kappa shape index (κ3) is 3.59. The third-order valence-electron chi connectivity index (χ3n) is 3.62. The van der Waals surface area contributed by atoms with E-state index in [2.05, 4.69) is 28.2 Å². The van der Waals surface area contributed by atoms with Gasteiger partial charge >= 0.3 is 0 Å². The first kappa shape index (κ1) is 13.2. The van der Waals surface area contributed by atoms with Gasteiger partial charge in [-0.15, -0.1) is 0 Å². The molecule has 0 saturated heterocycles. The molecule has 1 heterocycles. The van der Waals surface area contributed by atoms with Crippen molar-refractivity contribution in [1.29, 1.82) is 0 Å². The summed E-state index contributed by atoms with van der Waals surface area (Å²) < 4.78 is 6.78. The van der Waals surface area contributed by atoms with Crippen molar-refractivity contribution in [1.82, 2.24) is 5.32 Å². The predicted octanol–water partition coefficient (Wildman–Crippen LogP) is 4.46. The standard InChI is InChI=1S/C14H22BrNO/c1-2-8-16-12-6-4-3-5-11(10-12)14-13(15)7-9-17-14/h7,9,11-12,16H,2-6,8,10H2,1H3. The van der Waals surface area contributed by atoms with Gasteiger partial charge < -0.3 is 9.73 Å². The van der Waals surface area contributed by atoms with Gasteiger partial charge in [0, 0.05) is 12.0 Å². The molecule has 2 atom stereocenters. The van der Waals surface area contributed by atoms with Gasteiger partial charge in [-0.1, -0.05) is 19.8 Å². The van der Waals surface area contributed by atoms with Crippen molar-refractivity contribution in [2.75, 3.05) is 6.54 Å². The summed E-state index contributed by atoms with van der Waals surface area (Å²) in [6.07, 6.45) is 9.46. The van der Waals surface area contributed by atoms with E-state index in [0.717, 1.165) is 16.8 Å². The lowest BCUT2D eigenvalue weighted by Gasteiger charge is -2.20. The monoisotopic (exact) mass is 299 g/mol. The maximum absolute atomic E-state index is 5.64. The molecule has 0 radical (unpaired) electrons. The largest absolute Gasteiger partial charge is 0.468 e. The van der Waals surface area contributed by atoms with E-state index in [9.17, 15) is 0 Å². The first-order valence-corrected chi connectivity index (χ1v) is 7.56. The molecule has 0 spiro atoms. The van der Waals surface area contributed by atoms with Crippen LogP contribution in [0, 0.1) is 0 Å². The summed E-state index contributed by atoms with van der Waals surface area (Å²) in [6.45, 7) is 3.36. The zero-order chi connectivity index (χ0) is 12.1. The van der Waals surface area contributed by atoms with Crippen LogP contribution in [-0.2, 0) is 0 Å². The molecule has 0 bridgehead atoms. The quantitative estimate of drug-likeness (QED) is 0.831. The smallest absolute Gasteiger partial charge is 0.121 e. The summed E-state index contributed by atoms with van der Waals surface area (Å²) >= 11 is 3.59. The van der Waals surface area contributed by atoms with Gasteiger partial charge in [0.1, 0.15) is 5.76 Å². The minimum atomic E-state index is 0.580. The summed E-state index contributed by atoms with van der Waals surface area (Å²) in [6, 6.07) is 2.67.